The quantitative estimate of drug-likeness (QED) is 0.782. The maximum atomic E-state index is 12.3. The average Bonchev–Trinajstić information content (AvgIpc) is 3.10. The molecule has 1 aromatic carbocycles. The second-order valence-electron chi connectivity index (χ2n) is 5.63. The van der Waals surface area contributed by atoms with E-state index in [2.05, 4.69) is 0 Å². The van der Waals surface area contributed by atoms with Gasteiger partial charge in [0.25, 0.3) is 10.1 Å². The molecule has 0 bridgehead atoms. The summed E-state index contributed by atoms with van der Waals surface area (Å²) in [5.74, 6) is 0. The molecule has 3 atom stereocenters. The number of hydrogen-bond donors (Lipinski definition) is 0. The highest BCUT2D eigenvalue weighted by atomic mass is 32.2. The summed E-state index contributed by atoms with van der Waals surface area (Å²) in [6.07, 6.45) is -1.17. The van der Waals surface area contributed by atoms with E-state index < -0.39 is 22.5 Å². The molecule has 3 rings (SSSR count). The molecule has 0 aromatic heterocycles. The van der Waals surface area contributed by atoms with Crippen molar-refractivity contribution in [2.24, 2.45) is 0 Å². The van der Waals surface area contributed by atoms with Crippen LogP contribution in [0.25, 0.3) is 0 Å². The fourth-order valence-corrected chi connectivity index (χ4v) is 3.79. The highest BCUT2D eigenvalue weighted by Gasteiger charge is 2.42. The molecule has 2 fully saturated rings. The Morgan fingerprint density at radius 2 is 1.77 bits per heavy atom. The first-order valence-corrected chi connectivity index (χ1v) is 8.75. The summed E-state index contributed by atoms with van der Waals surface area (Å²) in [5, 5.41) is 0. The Balaban J connectivity index is 1.68. The molecular formula is C15H20O6S. The molecule has 2 heterocycles. The fourth-order valence-electron chi connectivity index (χ4n) is 2.65. The second kappa shape index (κ2) is 6.25. The number of rotatable bonds is 4. The van der Waals surface area contributed by atoms with Crippen LogP contribution in [0.3, 0.4) is 0 Å². The third-order valence-corrected chi connectivity index (χ3v) is 5.24. The van der Waals surface area contributed by atoms with Gasteiger partial charge >= 0.3 is 0 Å². The van der Waals surface area contributed by atoms with E-state index in [1.807, 2.05) is 6.92 Å². The van der Waals surface area contributed by atoms with Gasteiger partial charge in [-0.2, -0.15) is 8.42 Å². The Hall–Kier alpha value is -0.990. The average molecular weight is 328 g/mol. The Labute approximate surface area is 130 Å². The third-order valence-electron chi connectivity index (χ3n) is 3.89. The molecular weight excluding hydrogens is 308 g/mol. The summed E-state index contributed by atoms with van der Waals surface area (Å²) in [4.78, 5) is 0.155. The number of hydrogen-bond acceptors (Lipinski definition) is 6. The van der Waals surface area contributed by atoms with Crippen molar-refractivity contribution in [3.8, 4) is 0 Å². The molecule has 2 saturated heterocycles. The van der Waals surface area contributed by atoms with E-state index in [0.29, 0.717) is 19.6 Å². The van der Waals surface area contributed by atoms with Crippen LogP contribution < -0.4 is 0 Å². The van der Waals surface area contributed by atoms with Gasteiger partial charge < -0.3 is 14.2 Å². The van der Waals surface area contributed by atoms with Crippen LogP contribution in [0.15, 0.2) is 29.2 Å². The standard InChI is InChI=1S/C15H20O6S/c1-10-3-5-12(6-4-10)22(16,17)21-13-9-14(20-11(13)2)15-18-7-8-19-15/h3-6,11,13-15H,7-9H2,1-2H3/t11-,13-,14+/m0/s1. The second-order valence-corrected chi connectivity index (χ2v) is 7.20. The Bertz CT molecular complexity index is 605. The first-order valence-electron chi connectivity index (χ1n) is 7.34. The zero-order valence-electron chi connectivity index (χ0n) is 12.6. The maximum Gasteiger partial charge on any atom is 0.297 e. The molecule has 2 aliphatic heterocycles. The van der Waals surface area contributed by atoms with Gasteiger partial charge in [-0.25, -0.2) is 0 Å². The highest BCUT2D eigenvalue weighted by Crippen LogP contribution is 2.30. The van der Waals surface area contributed by atoms with E-state index in [9.17, 15) is 8.42 Å². The molecule has 0 radical (unpaired) electrons. The van der Waals surface area contributed by atoms with Gasteiger partial charge in [0.2, 0.25) is 0 Å². The van der Waals surface area contributed by atoms with Crippen molar-refractivity contribution in [1.82, 2.24) is 0 Å². The lowest BCUT2D eigenvalue weighted by molar-refractivity contribution is -0.136. The van der Waals surface area contributed by atoms with Crippen LogP contribution in [-0.2, 0) is 28.5 Å². The topological polar surface area (TPSA) is 71.1 Å². The van der Waals surface area contributed by atoms with Crippen molar-refractivity contribution in [2.75, 3.05) is 13.2 Å². The van der Waals surface area contributed by atoms with Crippen molar-refractivity contribution >= 4 is 10.1 Å². The fraction of sp³-hybridized carbons (Fsp3) is 0.600. The molecule has 0 N–H and O–H groups in total. The summed E-state index contributed by atoms with van der Waals surface area (Å²) in [5.41, 5.74) is 0.993. The van der Waals surface area contributed by atoms with Crippen molar-refractivity contribution in [3.63, 3.8) is 0 Å². The smallest absolute Gasteiger partial charge is 0.297 e. The lowest BCUT2D eigenvalue weighted by atomic mass is 10.1. The predicted molar refractivity (Wildman–Crippen MR) is 77.9 cm³/mol. The molecule has 0 aliphatic carbocycles. The summed E-state index contributed by atoms with van der Waals surface area (Å²) in [6.45, 7) is 4.76. The van der Waals surface area contributed by atoms with Gasteiger partial charge in [-0.05, 0) is 26.0 Å². The maximum absolute atomic E-state index is 12.3. The molecule has 2 aliphatic rings. The van der Waals surface area contributed by atoms with Gasteiger partial charge in [0, 0.05) is 6.42 Å². The summed E-state index contributed by atoms with van der Waals surface area (Å²) in [7, 11) is -3.80. The van der Waals surface area contributed by atoms with Crippen LogP contribution >= 0.6 is 0 Å². The Kier molecular flexibility index (Phi) is 4.52. The van der Waals surface area contributed by atoms with Crippen LogP contribution in [-0.4, -0.2) is 46.2 Å². The van der Waals surface area contributed by atoms with Gasteiger partial charge in [0.1, 0.15) is 12.2 Å². The first-order chi connectivity index (χ1) is 10.5. The molecule has 7 heteroatoms. The van der Waals surface area contributed by atoms with E-state index in [-0.39, 0.29) is 17.1 Å². The predicted octanol–water partition coefficient (Wildman–Crippen LogP) is 1.62. The normalized spacial score (nSPS) is 30.0. The molecule has 22 heavy (non-hydrogen) atoms. The van der Waals surface area contributed by atoms with Crippen molar-refractivity contribution in [1.29, 1.82) is 0 Å². The SMILES string of the molecule is Cc1ccc(S(=O)(=O)O[C@H]2C[C@H](C3OCCO3)O[C@H]2C)cc1. The van der Waals surface area contributed by atoms with E-state index in [1.165, 1.54) is 0 Å². The largest absolute Gasteiger partial charge is 0.367 e. The molecule has 1 aromatic rings. The van der Waals surface area contributed by atoms with Gasteiger partial charge in [0.15, 0.2) is 6.29 Å². The summed E-state index contributed by atoms with van der Waals surface area (Å²) >= 11 is 0. The van der Waals surface area contributed by atoms with Crippen LogP contribution in [0.1, 0.15) is 18.9 Å². The van der Waals surface area contributed by atoms with Crippen molar-refractivity contribution in [3.05, 3.63) is 29.8 Å². The van der Waals surface area contributed by atoms with Crippen LogP contribution in [0.4, 0.5) is 0 Å². The summed E-state index contributed by atoms with van der Waals surface area (Å²) in [6, 6.07) is 6.58. The van der Waals surface area contributed by atoms with Gasteiger partial charge in [-0.3, -0.25) is 4.18 Å². The van der Waals surface area contributed by atoms with E-state index in [1.54, 1.807) is 31.2 Å². The van der Waals surface area contributed by atoms with Crippen molar-refractivity contribution in [2.45, 2.75) is 49.8 Å². The van der Waals surface area contributed by atoms with Crippen molar-refractivity contribution < 1.29 is 26.8 Å². The zero-order chi connectivity index (χ0) is 15.7. The van der Waals surface area contributed by atoms with Gasteiger partial charge in [-0.1, -0.05) is 17.7 Å². The molecule has 0 amide bonds. The molecule has 6 nitrogen and oxygen atoms in total. The molecule has 0 spiro atoms. The minimum Gasteiger partial charge on any atom is -0.367 e. The first kappa shape index (κ1) is 15.9. The van der Waals surface area contributed by atoms with Gasteiger partial charge in [-0.15, -0.1) is 0 Å². The van der Waals surface area contributed by atoms with Crippen LogP contribution in [0, 0.1) is 6.92 Å². The minimum atomic E-state index is -3.80. The Morgan fingerprint density at radius 3 is 2.41 bits per heavy atom. The van der Waals surface area contributed by atoms with Gasteiger partial charge in [0.05, 0.1) is 24.2 Å². The summed E-state index contributed by atoms with van der Waals surface area (Å²) < 4.78 is 46.6. The highest BCUT2D eigenvalue weighted by molar-refractivity contribution is 7.86. The monoisotopic (exact) mass is 328 g/mol. The number of ether oxygens (including phenoxy) is 3. The van der Waals surface area contributed by atoms with Crippen LogP contribution in [0.2, 0.25) is 0 Å². The van der Waals surface area contributed by atoms with E-state index >= 15 is 0 Å². The third kappa shape index (κ3) is 3.33. The molecule has 0 unspecified atom stereocenters. The zero-order valence-corrected chi connectivity index (χ0v) is 13.4. The van der Waals surface area contributed by atoms with E-state index in [4.69, 9.17) is 18.4 Å². The molecule has 122 valence electrons. The Morgan fingerprint density at radius 1 is 1.14 bits per heavy atom. The number of benzene rings is 1. The lowest BCUT2D eigenvalue weighted by Gasteiger charge is -2.16. The van der Waals surface area contributed by atoms with Crippen LogP contribution in [0.5, 0.6) is 0 Å². The minimum absolute atomic E-state index is 0.155. The van der Waals surface area contributed by atoms with E-state index in [0.717, 1.165) is 5.56 Å². The lowest BCUT2D eigenvalue weighted by Crippen LogP contribution is -2.27. The number of aryl methyl sites for hydroxylation is 1. The molecule has 0 saturated carbocycles.